The first kappa shape index (κ1) is 25.0. The van der Waals surface area contributed by atoms with Crippen LogP contribution in [0, 0.1) is 5.41 Å². The Morgan fingerprint density at radius 3 is 2.35 bits per heavy atom. The Hall–Kier alpha value is -2.30. The van der Waals surface area contributed by atoms with Crippen molar-refractivity contribution < 1.29 is 19.1 Å². The van der Waals surface area contributed by atoms with Gasteiger partial charge in [0.2, 0.25) is 5.91 Å². The summed E-state index contributed by atoms with van der Waals surface area (Å²) < 4.78 is 11.3. The van der Waals surface area contributed by atoms with Crippen LogP contribution in [-0.2, 0) is 14.3 Å². The second kappa shape index (κ2) is 12.5. The average Bonchev–Trinajstić information content (AvgIpc) is 2.77. The summed E-state index contributed by atoms with van der Waals surface area (Å²) in [5, 5.41) is 3.15. The van der Waals surface area contributed by atoms with Crippen molar-refractivity contribution in [3.8, 4) is 5.75 Å². The van der Waals surface area contributed by atoms with Crippen LogP contribution >= 0.6 is 0 Å². The van der Waals surface area contributed by atoms with Crippen LogP contribution in [0.1, 0.15) is 84.6 Å². The smallest absolute Gasteiger partial charge is 0.331 e. The van der Waals surface area contributed by atoms with Gasteiger partial charge in [-0.3, -0.25) is 4.79 Å². The third-order valence-corrected chi connectivity index (χ3v) is 6.10. The minimum Gasteiger partial charge on any atom is -0.494 e. The van der Waals surface area contributed by atoms with Crippen LogP contribution in [0.15, 0.2) is 30.3 Å². The monoisotopic (exact) mass is 429 g/mol. The fourth-order valence-electron chi connectivity index (χ4n) is 3.45. The fraction of sp³-hybridized carbons (Fsp3) is 0.615. The first-order valence-electron chi connectivity index (χ1n) is 11.8. The van der Waals surface area contributed by atoms with E-state index in [4.69, 9.17) is 9.47 Å². The number of unbranched alkanes of at least 4 members (excludes halogenated alkanes) is 2. The molecule has 1 amide bonds. The highest BCUT2D eigenvalue weighted by molar-refractivity contribution is 5.87. The molecule has 0 aliphatic heterocycles. The van der Waals surface area contributed by atoms with E-state index in [1.807, 2.05) is 45.0 Å². The van der Waals surface area contributed by atoms with Gasteiger partial charge in [0.25, 0.3) is 0 Å². The van der Waals surface area contributed by atoms with Gasteiger partial charge in [-0.15, -0.1) is 0 Å². The first-order valence-corrected chi connectivity index (χ1v) is 11.8. The molecule has 0 atom stereocenters. The number of hydrogen-bond donors (Lipinski definition) is 1. The van der Waals surface area contributed by atoms with Gasteiger partial charge in [0.15, 0.2) is 0 Å². The van der Waals surface area contributed by atoms with Crippen LogP contribution in [0.3, 0.4) is 0 Å². The van der Waals surface area contributed by atoms with Crippen molar-refractivity contribution in [1.82, 2.24) is 5.32 Å². The van der Waals surface area contributed by atoms with Crippen LogP contribution in [0.4, 0.5) is 0 Å². The van der Waals surface area contributed by atoms with Crippen molar-refractivity contribution in [2.45, 2.75) is 91.2 Å². The first-order chi connectivity index (χ1) is 14.8. The highest BCUT2D eigenvalue weighted by Gasteiger charge is 2.30. The summed E-state index contributed by atoms with van der Waals surface area (Å²) in [7, 11) is 0. The minimum atomic E-state index is -0.340. The highest BCUT2D eigenvalue weighted by atomic mass is 16.5. The molecule has 0 heterocycles. The molecular formula is C26H39NO4. The van der Waals surface area contributed by atoms with Crippen molar-refractivity contribution in [1.29, 1.82) is 0 Å². The van der Waals surface area contributed by atoms with Crippen LogP contribution in [0.25, 0.3) is 6.08 Å². The second-order valence-electron chi connectivity index (χ2n) is 9.08. The topological polar surface area (TPSA) is 64.6 Å². The van der Waals surface area contributed by atoms with Crippen molar-refractivity contribution in [3.63, 3.8) is 0 Å². The molecule has 0 aromatic heterocycles. The van der Waals surface area contributed by atoms with Gasteiger partial charge in [-0.25, -0.2) is 4.79 Å². The maximum absolute atomic E-state index is 12.3. The molecule has 31 heavy (non-hydrogen) atoms. The Morgan fingerprint density at radius 1 is 1.06 bits per heavy atom. The fourth-order valence-corrected chi connectivity index (χ4v) is 3.45. The molecule has 1 saturated carbocycles. The molecule has 5 nitrogen and oxygen atoms in total. The Kier molecular flexibility index (Phi) is 10.1. The van der Waals surface area contributed by atoms with Crippen molar-refractivity contribution in [2.75, 3.05) is 6.61 Å². The predicted molar refractivity (Wildman–Crippen MR) is 125 cm³/mol. The summed E-state index contributed by atoms with van der Waals surface area (Å²) in [6, 6.07) is 7.89. The van der Waals surface area contributed by atoms with Crippen LogP contribution in [0.5, 0.6) is 5.75 Å². The van der Waals surface area contributed by atoms with Gasteiger partial charge in [-0.1, -0.05) is 52.7 Å². The molecule has 0 saturated heterocycles. The summed E-state index contributed by atoms with van der Waals surface area (Å²) in [5.41, 5.74) is 0.593. The average molecular weight is 430 g/mol. The van der Waals surface area contributed by atoms with Gasteiger partial charge in [0.1, 0.15) is 11.9 Å². The van der Waals surface area contributed by atoms with E-state index < -0.39 is 0 Å². The Labute approximate surface area is 187 Å². The molecular weight excluding hydrogens is 390 g/mol. The zero-order valence-corrected chi connectivity index (χ0v) is 19.6. The summed E-state index contributed by atoms with van der Waals surface area (Å²) in [6.45, 7) is 8.87. The zero-order valence-electron chi connectivity index (χ0n) is 19.6. The molecule has 2 rings (SSSR count). The lowest BCUT2D eigenvalue weighted by molar-refractivity contribution is -0.145. The minimum absolute atomic E-state index is 0.0802. The molecule has 0 bridgehead atoms. The molecule has 172 valence electrons. The Morgan fingerprint density at radius 2 is 1.74 bits per heavy atom. The summed E-state index contributed by atoms with van der Waals surface area (Å²) in [5.74, 6) is 0.636. The number of carbonyl (C=O) groups is 2. The molecule has 1 aliphatic rings. The third-order valence-electron chi connectivity index (χ3n) is 6.10. The quantitative estimate of drug-likeness (QED) is 0.279. The molecule has 1 aromatic carbocycles. The van der Waals surface area contributed by atoms with Gasteiger partial charge in [-0.2, -0.15) is 0 Å². The number of amides is 1. The number of hydrogen-bond acceptors (Lipinski definition) is 4. The normalized spacial score (nSPS) is 19.2. The van der Waals surface area contributed by atoms with E-state index in [0.29, 0.717) is 0 Å². The van der Waals surface area contributed by atoms with E-state index >= 15 is 0 Å². The van der Waals surface area contributed by atoms with Gasteiger partial charge < -0.3 is 14.8 Å². The van der Waals surface area contributed by atoms with E-state index in [0.717, 1.165) is 56.4 Å². The number of benzene rings is 1. The van der Waals surface area contributed by atoms with Gasteiger partial charge in [0.05, 0.1) is 6.61 Å². The van der Waals surface area contributed by atoms with Crippen molar-refractivity contribution >= 4 is 18.0 Å². The SMILES string of the molecule is CCCCCOc1ccc(/C=C/C(=O)OC2CCC(NC(=O)C(C)(C)CC)CC2)cc1. The van der Waals surface area contributed by atoms with E-state index in [1.54, 1.807) is 6.08 Å². The summed E-state index contributed by atoms with van der Waals surface area (Å²) >= 11 is 0. The number of carbonyl (C=O) groups excluding carboxylic acids is 2. The second-order valence-corrected chi connectivity index (χ2v) is 9.08. The van der Waals surface area contributed by atoms with E-state index in [9.17, 15) is 9.59 Å². The molecule has 0 unspecified atom stereocenters. The van der Waals surface area contributed by atoms with Crippen molar-refractivity contribution in [3.05, 3.63) is 35.9 Å². The van der Waals surface area contributed by atoms with Crippen LogP contribution < -0.4 is 10.1 Å². The molecule has 1 aliphatic carbocycles. The lowest BCUT2D eigenvalue weighted by atomic mass is 9.87. The van der Waals surface area contributed by atoms with Crippen LogP contribution in [0.2, 0.25) is 0 Å². The molecule has 0 radical (unpaired) electrons. The van der Waals surface area contributed by atoms with Gasteiger partial charge in [0, 0.05) is 17.5 Å². The number of rotatable bonds is 11. The summed E-state index contributed by atoms with van der Waals surface area (Å²) in [4.78, 5) is 24.5. The lowest BCUT2D eigenvalue weighted by Crippen LogP contribution is -2.45. The lowest BCUT2D eigenvalue weighted by Gasteiger charge is -2.31. The largest absolute Gasteiger partial charge is 0.494 e. The zero-order chi connectivity index (χ0) is 22.7. The van der Waals surface area contributed by atoms with Gasteiger partial charge >= 0.3 is 5.97 Å². The molecule has 0 spiro atoms. The Bertz CT molecular complexity index is 715. The molecule has 1 aromatic rings. The highest BCUT2D eigenvalue weighted by Crippen LogP contribution is 2.25. The van der Waals surface area contributed by atoms with E-state index in [-0.39, 0.29) is 29.4 Å². The predicted octanol–water partition coefficient (Wildman–Crippen LogP) is 5.68. The maximum Gasteiger partial charge on any atom is 0.331 e. The van der Waals surface area contributed by atoms with E-state index in [2.05, 4.69) is 12.2 Å². The van der Waals surface area contributed by atoms with Crippen molar-refractivity contribution in [2.24, 2.45) is 5.41 Å². The third kappa shape index (κ3) is 8.76. The standard InChI is InChI=1S/C26H39NO4/c1-5-7-8-19-30-22-14-9-20(10-15-22)11-18-24(28)31-23-16-12-21(13-17-23)27-25(29)26(3,4)6-2/h9-11,14-15,18,21,23H,5-8,12-13,16-17,19H2,1-4H3,(H,27,29)/b18-11+. The summed E-state index contributed by atoms with van der Waals surface area (Å²) in [6.07, 6.45) is 10.6. The Balaban J connectivity index is 1.71. The van der Waals surface area contributed by atoms with E-state index in [1.165, 1.54) is 18.9 Å². The van der Waals surface area contributed by atoms with Gasteiger partial charge in [-0.05, 0) is 62.3 Å². The maximum atomic E-state index is 12.3. The molecule has 1 fully saturated rings. The number of nitrogens with one attached hydrogen (secondary N) is 1. The molecule has 1 N–H and O–H groups in total. The number of esters is 1. The number of ether oxygens (including phenoxy) is 2. The van der Waals surface area contributed by atoms with Crippen LogP contribution in [-0.4, -0.2) is 30.6 Å². The molecule has 5 heteroatoms.